The second-order valence-electron chi connectivity index (χ2n) is 3.85. The van der Waals surface area contributed by atoms with Crippen molar-refractivity contribution in [1.29, 1.82) is 0 Å². The van der Waals surface area contributed by atoms with E-state index in [4.69, 9.17) is 5.11 Å². The van der Waals surface area contributed by atoms with Crippen molar-refractivity contribution in [2.45, 2.75) is 16.4 Å². The number of sulfone groups is 1. The fourth-order valence-electron chi connectivity index (χ4n) is 1.45. The Balaban J connectivity index is 3.26. The van der Waals surface area contributed by atoms with Crippen molar-refractivity contribution in [3.8, 4) is 0 Å². The van der Waals surface area contributed by atoms with Crippen LogP contribution in [0.25, 0.3) is 0 Å². The predicted molar refractivity (Wildman–Crippen MR) is 66.2 cm³/mol. The molecular weight excluding hydrogens is 315 g/mol. The monoisotopic (exact) mass is 327 g/mol. The van der Waals surface area contributed by atoms with Gasteiger partial charge in [0.2, 0.25) is 0 Å². The first-order valence-corrected chi connectivity index (χ1v) is 6.99. The lowest BCUT2D eigenvalue weighted by atomic mass is 10.2. The zero-order valence-corrected chi connectivity index (χ0v) is 11.5. The Morgan fingerprint density at radius 2 is 1.95 bits per heavy atom. The number of nitrogens with one attached hydrogen (secondary N) is 1. The maximum atomic E-state index is 12.6. The van der Waals surface area contributed by atoms with E-state index in [0.29, 0.717) is 0 Å². The number of para-hydroxylation sites is 1. The van der Waals surface area contributed by atoms with Gasteiger partial charge in [-0.1, -0.05) is 12.1 Å². The standard InChI is InChI=1S/C11H12F3NO5S/c1-20-10(17)8(6-16)15-7-4-2-3-5-9(7)21(18,19)11(12,13)14/h2-5,8,15-16H,6H2,1H3. The molecule has 0 fully saturated rings. The van der Waals surface area contributed by atoms with E-state index < -0.39 is 44.5 Å². The summed E-state index contributed by atoms with van der Waals surface area (Å²) in [5.74, 6) is -0.947. The van der Waals surface area contributed by atoms with Crippen molar-refractivity contribution in [2.75, 3.05) is 19.0 Å². The molecule has 0 spiro atoms. The van der Waals surface area contributed by atoms with E-state index in [0.717, 1.165) is 25.3 Å². The zero-order valence-electron chi connectivity index (χ0n) is 10.7. The average molecular weight is 327 g/mol. The number of aliphatic hydroxyl groups excluding tert-OH is 1. The van der Waals surface area contributed by atoms with Crippen LogP contribution in [-0.4, -0.2) is 44.8 Å². The van der Waals surface area contributed by atoms with Crippen LogP contribution in [0.5, 0.6) is 0 Å². The summed E-state index contributed by atoms with van der Waals surface area (Å²) in [6, 6.07) is 2.79. The van der Waals surface area contributed by atoms with E-state index >= 15 is 0 Å². The minimum atomic E-state index is -5.59. The number of halogens is 3. The number of ether oxygens (including phenoxy) is 1. The van der Waals surface area contributed by atoms with Crippen LogP contribution < -0.4 is 5.32 Å². The molecule has 6 nitrogen and oxygen atoms in total. The van der Waals surface area contributed by atoms with Gasteiger partial charge in [0, 0.05) is 0 Å². The van der Waals surface area contributed by atoms with Crippen molar-refractivity contribution in [1.82, 2.24) is 0 Å². The van der Waals surface area contributed by atoms with Crippen molar-refractivity contribution in [2.24, 2.45) is 0 Å². The van der Waals surface area contributed by atoms with Crippen LogP contribution in [0.15, 0.2) is 29.2 Å². The smallest absolute Gasteiger partial charge is 0.467 e. The number of anilines is 1. The Bertz CT molecular complexity index is 615. The van der Waals surface area contributed by atoms with Gasteiger partial charge in [-0.25, -0.2) is 13.2 Å². The van der Waals surface area contributed by atoms with Gasteiger partial charge in [0.05, 0.1) is 24.3 Å². The molecule has 1 atom stereocenters. The fraction of sp³-hybridized carbons (Fsp3) is 0.364. The molecule has 1 rings (SSSR count). The van der Waals surface area contributed by atoms with Crippen LogP contribution in [0, 0.1) is 0 Å². The Hall–Kier alpha value is -1.81. The molecule has 0 aliphatic carbocycles. The summed E-state index contributed by atoms with van der Waals surface area (Å²) in [6.45, 7) is -0.785. The largest absolute Gasteiger partial charge is 0.501 e. The molecule has 2 N–H and O–H groups in total. The van der Waals surface area contributed by atoms with E-state index in [1.165, 1.54) is 6.07 Å². The minimum Gasteiger partial charge on any atom is -0.467 e. The first-order valence-electron chi connectivity index (χ1n) is 5.50. The maximum absolute atomic E-state index is 12.6. The van der Waals surface area contributed by atoms with Crippen molar-refractivity contribution >= 4 is 21.5 Å². The van der Waals surface area contributed by atoms with Crippen LogP contribution in [-0.2, 0) is 19.4 Å². The number of hydrogen-bond donors (Lipinski definition) is 2. The molecule has 0 bridgehead atoms. The quantitative estimate of drug-likeness (QED) is 0.782. The highest BCUT2D eigenvalue weighted by Crippen LogP contribution is 2.34. The maximum Gasteiger partial charge on any atom is 0.501 e. The summed E-state index contributed by atoms with van der Waals surface area (Å²) in [6.07, 6.45) is 0. The Labute approximate surface area is 118 Å². The third-order valence-corrected chi connectivity index (χ3v) is 4.02. The average Bonchev–Trinajstić information content (AvgIpc) is 2.43. The number of hydrogen-bond acceptors (Lipinski definition) is 6. The third-order valence-electron chi connectivity index (χ3n) is 2.48. The van der Waals surface area contributed by atoms with Crippen molar-refractivity contribution in [3.05, 3.63) is 24.3 Å². The SMILES string of the molecule is COC(=O)C(CO)Nc1ccccc1S(=O)(=O)C(F)(F)F. The summed E-state index contributed by atoms with van der Waals surface area (Å²) < 4.78 is 65.0. The van der Waals surface area contributed by atoms with Gasteiger partial charge < -0.3 is 15.2 Å². The lowest BCUT2D eigenvalue weighted by Crippen LogP contribution is -2.35. The molecule has 1 aromatic carbocycles. The molecule has 1 aromatic rings. The number of aliphatic hydroxyl groups is 1. The molecule has 118 valence electrons. The summed E-state index contributed by atoms with van der Waals surface area (Å²) in [5.41, 5.74) is -5.94. The van der Waals surface area contributed by atoms with Crippen LogP contribution in [0.1, 0.15) is 0 Å². The molecular formula is C11H12F3NO5S. The summed E-state index contributed by atoms with van der Waals surface area (Å²) in [5, 5.41) is 11.2. The molecule has 0 radical (unpaired) electrons. The van der Waals surface area contributed by atoms with Gasteiger partial charge >= 0.3 is 11.5 Å². The number of esters is 1. The highest BCUT2D eigenvalue weighted by atomic mass is 32.2. The molecule has 0 aliphatic rings. The van der Waals surface area contributed by atoms with Gasteiger partial charge in [-0.2, -0.15) is 13.2 Å². The predicted octanol–water partition coefficient (Wildman–Crippen LogP) is 0.926. The topological polar surface area (TPSA) is 92.7 Å². The lowest BCUT2D eigenvalue weighted by Gasteiger charge is -2.18. The number of benzene rings is 1. The molecule has 0 saturated carbocycles. The number of carbonyl (C=O) groups excluding carboxylic acids is 1. The molecule has 10 heteroatoms. The molecule has 0 heterocycles. The summed E-state index contributed by atoms with van der Waals surface area (Å²) in [7, 11) is -4.57. The molecule has 0 amide bonds. The second kappa shape index (κ2) is 6.31. The highest BCUT2D eigenvalue weighted by Gasteiger charge is 2.48. The van der Waals surface area contributed by atoms with Crippen LogP contribution in [0.2, 0.25) is 0 Å². The normalized spacial score (nSPS) is 13.6. The van der Waals surface area contributed by atoms with E-state index in [2.05, 4.69) is 10.1 Å². The highest BCUT2D eigenvalue weighted by molar-refractivity contribution is 7.92. The minimum absolute atomic E-state index is 0.459. The van der Waals surface area contributed by atoms with Crippen molar-refractivity contribution in [3.63, 3.8) is 0 Å². The number of carbonyl (C=O) groups is 1. The third kappa shape index (κ3) is 3.64. The Morgan fingerprint density at radius 3 is 2.43 bits per heavy atom. The fourth-order valence-corrected chi connectivity index (χ4v) is 2.38. The molecule has 21 heavy (non-hydrogen) atoms. The Kier molecular flexibility index (Phi) is 5.18. The van der Waals surface area contributed by atoms with Gasteiger partial charge in [-0.05, 0) is 12.1 Å². The molecule has 1 unspecified atom stereocenters. The van der Waals surface area contributed by atoms with Crippen LogP contribution >= 0.6 is 0 Å². The van der Waals surface area contributed by atoms with Crippen LogP contribution in [0.4, 0.5) is 18.9 Å². The number of methoxy groups -OCH3 is 1. The van der Waals surface area contributed by atoms with Gasteiger partial charge in [-0.15, -0.1) is 0 Å². The van der Waals surface area contributed by atoms with Crippen molar-refractivity contribution < 1.29 is 36.2 Å². The molecule has 0 saturated heterocycles. The number of rotatable bonds is 5. The van der Waals surface area contributed by atoms with Gasteiger partial charge in [-0.3, -0.25) is 0 Å². The first-order chi connectivity index (χ1) is 9.65. The van der Waals surface area contributed by atoms with E-state index in [1.807, 2.05) is 0 Å². The van der Waals surface area contributed by atoms with E-state index in [1.54, 1.807) is 0 Å². The second-order valence-corrected chi connectivity index (χ2v) is 5.76. The molecule has 0 aromatic heterocycles. The zero-order chi connectivity index (χ0) is 16.3. The first kappa shape index (κ1) is 17.2. The van der Waals surface area contributed by atoms with Crippen LogP contribution in [0.3, 0.4) is 0 Å². The van der Waals surface area contributed by atoms with E-state index in [-0.39, 0.29) is 0 Å². The van der Waals surface area contributed by atoms with Gasteiger partial charge in [0.25, 0.3) is 9.84 Å². The number of alkyl halides is 3. The van der Waals surface area contributed by atoms with E-state index in [9.17, 15) is 26.4 Å². The Morgan fingerprint density at radius 1 is 1.38 bits per heavy atom. The molecule has 0 aliphatic heterocycles. The van der Waals surface area contributed by atoms with Gasteiger partial charge in [0.15, 0.2) is 0 Å². The summed E-state index contributed by atoms with van der Waals surface area (Å²) in [4.78, 5) is 10.2. The lowest BCUT2D eigenvalue weighted by molar-refractivity contribution is -0.142. The summed E-state index contributed by atoms with van der Waals surface area (Å²) >= 11 is 0. The van der Waals surface area contributed by atoms with Gasteiger partial charge in [0.1, 0.15) is 6.04 Å².